The van der Waals surface area contributed by atoms with Crippen molar-refractivity contribution in [2.45, 2.75) is 103 Å². The molecule has 2 aromatic carbocycles. The van der Waals surface area contributed by atoms with E-state index in [2.05, 4.69) is 16.8 Å². The van der Waals surface area contributed by atoms with Crippen molar-refractivity contribution >= 4 is 27.7 Å². The number of nitrogens with one attached hydrogen (secondary N) is 1. The number of benzene rings is 2. The van der Waals surface area contributed by atoms with Crippen LogP contribution in [0.4, 0.5) is 5.88 Å². The van der Waals surface area contributed by atoms with Gasteiger partial charge in [-0.2, -0.15) is 0 Å². The minimum absolute atomic E-state index is 0.0670. The van der Waals surface area contributed by atoms with E-state index in [1.165, 1.54) is 0 Å². The van der Waals surface area contributed by atoms with Crippen LogP contribution >= 0.6 is 0 Å². The van der Waals surface area contributed by atoms with E-state index in [1.807, 2.05) is 23.1 Å². The van der Waals surface area contributed by atoms with Crippen LogP contribution in [0.5, 0.6) is 0 Å². The van der Waals surface area contributed by atoms with Crippen LogP contribution in [0.1, 0.15) is 81.2 Å². The molecule has 248 valence electrons. The Kier molecular flexibility index (Phi) is 10.3. The van der Waals surface area contributed by atoms with E-state index in [0.29, 0.717) is 35.5 Å². The molecule has 3 aromatic rings. The van der Waals surface area contributed by atoms with Crippen molar-refractivity contribution in [1.82, 2.24) is 15.0 Å². The Morgan fingerprint density at radius 1 is 1.13 bits per heavy atom. The summed E-state index contributed by atoms with van der Waals surface area (Å²) in [6.45, 7) is 8.35. The number of amides is 1. The van der Waals surface area contributed by atoms with Gasteiger partial charge in [0.15, 0.2) is 0 Å². The monoisotopic (exact) mass is 651 g/mol. The molecule has 1 saturated carbocycles. The SMILES string of the molecule is CCCCC1=NC2(CCCC2)C(=O)N1Cc1ccc(-c2ccccc2S(=O)(=O)Nc2onc(C)c2C)c(CN(C)[C@@H](O)OCC)c1. The highest BCUT2D eigenvalue weighted by atomic mass is 32.2. The van der Waals surface area contributed by atoms with Gasteiger partial charge in [-0.25, -0.2) is 13.1 Å². The second kappa shape index (κ2) is 14.0. The summed E-state index contributed by atoms with van der Waals surface area (Å²) >= 11 is 0. The van der Waals surface area contributed by atoms with Crippen LogP contribution in [-0.4, -0.2) is 65.8 Å². The minimum atomic E-state index is -4.08. The molecular weight excluding hydrogens is 606 g/mol. The van der Waals surface area contributed by atoms with Gasteiger partial charge in [0.25, 0.3) is 15.9 Å². The lowest BCUT2D eigenvalue weighted by Gasteiger charge is -2.26. The van der Waals surface area contributed by atoms with Crippen molar-refractivity contribution in [2.75, 3.05) is 18.4 Å². The minimum Gasteiger partial charge on any atom is -0.356 e. The molecule has 0 unspecified atom stereocenters. The number of amidine groups is 1. The fourth-order valence-corrected chi connectivity index (χ4v) is 7.52. The van der Waals surface area contributed by atoms with Gasteiger partial charge in [-0.05, 0) is 69.8 Å². The number of hydrogen-bond donors (Lipinski definition) is 2. The Bertz CT molecular complexity index is 1700. The Morgan fingerprint density at radius 2 is 1.87 bits per heavy atom. The molecule has 11 nitrogen and oxygen atoms in total. The molecule has 2 heterocycles. The summed E-state index contributed by atoms with van der Waals surface area (Å²) in [6.07, 6.45) is 5.14. The maximum atomic E-state index is 13.8. The Balaban J connectivity index is 1.53. The number of ether oxygens (including phenoxy) is 1. The summed E-state index contributed by atoms with van der Waals surface area (Å²) < 4.78 is 40.7. The van der Waals surface area contributed by atoms with Crippen LogP contribution in [0.2, 0.25) is 0 Å². The average Bonchev–Trinajstić information content (AvgIpc) is 3.71. The van der Waals surface area contributed by atoms with Crippen LogP contribution in [-0.2, 0) is 32.6 Å². The summed E-state index contributed by atoms with van der Waals surface area (Å²) in [5, 5.41) is 14.5. The topological polar surface area (TPSA) is 138 Å². The Hall–Kier alpha value is -3.58. The number of carbonyl (C=O) groups is 1. The zero-order chi connectivity index (χ0) is 33.1. The lowest BCUT2D eigenvalue weighted by Crippen LogP contribution is -2.40. The first-order valence-corrected chi connectivity index (χ1v) is 17.6. The number of aliphatic hydroxyl groups is 1. The van der Waals surface area contributed by atoms with E-state index in [-0.39, 0.29) is 23.2 Å². The second-order valence-corrected chi connectivity index (χ2v) is 13.9. The number of carbonyl (C=O) groups excluding carboxylic acids is 1. The largest absolute Gasteiger partial charge is 0.356 e. The molecule has 1 aliphatic heterocycles. The highest BCUT2D eigenvalue weighted by Gasteiger charge is 2.49. The van der Waals surface area contributed by atoms with Crippen LogP contribution in [0.25, 0.3) is 11.1 Å². The van der Waals surface area contributed by atoms with Gasteiger partial charge in [0.2, 0.25) is 12.3 Å². The summed E-state index contributed by atoms with van der Waals surface area (Å²) in [5.41, 5.74) is 3.38. The van der Waals surface area contributed by atoms with Gasteiger partial charge in [-0.15, -0.1) is 0 Å². The van der Waals surface area contributed by atoms with Gasteiger partial charge < -0.3 is 14.4 Å². The van der Waals surface area contributed by atoms with Crippen LogP contribution < -0.4 is 4.72 Å². The molecule has 1 atom stereocenters. The van der Waals surface area contributed by atoms with E-state index in [1.54, 1.807) is 57.0 Å². The zero-order valence-corrected chi connectivity index (χ0v) is 28.2. The quantitative estimate of drug-likeness (QED) is 0.210. The van der Waals surface area contributed by atoms with Gasteiger partial charge >= 0.3 is 0 Å². The van der Waals surface area contributed by atoms with E-state index >= 15 is 0 Å². The Labute approximate surface area is 271 Å². The molecule has 12 heteroatoms. The molecule has 1 aliphatic carbocycles. The molecule has 1 aromatic heterocycles. The second-order valence-electron chi connectivity index (χ2n) is 12.3. The highest BCUT2D eigenvalue weighted by Crippen LogP contribution is 2.40. The van der Waals surface area contributed by atoms with E-state index in [4.69, 9.17) is 14.3 Å². The van der Waals surface area contributed by atoms with Crippen molar-refractivity contribution in [3.8, 4) is 11.1 Å². The normalized spacial score (nSPS) is 16.9. The van der Waals surface area contributed by atoms with Gasteiger partial charge in [-0.1, -0.05) is 67.7 Å². The van der Waals surface area contributed by atoms with Crippen LogP contribution in [0.3, 0.4) is 0 Å². The molecule has 2 N–H and O–H groups in total. The smallest absolute Gasteiger partial charge is 0.264 e. The molecule has 1 spiro atoms. The number of nitrogens with zero attached hydrogens (tertiary/aromatic N) is 4. The van der Waals surface area contributed by atoms with Gasteiger partial charge in [0, 0.05) is 30.7 Å². The summed E-state index contributed by atoms with van der Waals surface area (Å²) in [7, 11) is -2.34. The molecule has 0 radical (unpaired) electrons. The first-order chi connectivity index (χ1) is 22.0. The van der Waals surface area contributed by atoms with Crippen molar-refractivity contribution in [1.29, 1.82) is 0 Å². The third-order valence-corrected chi connectivity index (χ3v) is 10.3. The van der Waals surface area contributed by atoms with Crippen LogP contribution in [0, 0.1) is 13.8 Å². The summed E-state index contributed by atoms with van der Waals surface area (Å²) in [5.74, 6) is 0.994. The molecule has 5 rings (SSSR count). The van der Waals surface area contributed by atoms with Gasteiger partial charge in [-0.3, -0.25) is 19.6 Å². The number of aromatic nitrogens is 1. The van der Waals surface area contributed by atoms with Crippen molar-refractivity contribution < 1.29 is 27.6 Å². The number of rotatable bonds is 14. The standard InChI is InChI=1S/C34H45N5O6S/c1-6-8-15-30-35-34(18-11-12-19-34)32(40)39(30)21-25-16-17-27(26(20-25)22-38(5)33(41)44-7-2)28-13-9-10-14-29(28)46(42,43)37-31-23(3)24(4)36-45-31/h9-10,13-14,16-17,20,33,37,41H,6-8,11-12,15,18-19,21-22H2,1-5H3/t33-/m0/s1. The summed E-state index contributed by atoms with van der Waals surface area (Å²) in [4.78, 5) is 22.4. The van der Waals surface area contributed by atoms with E-state index in [9.17, 15) is 18.3 Å². The number of anilines is 1. The van der Waals surface area contributed by atoms with E-state index in [0.717, 1.165) is 61.9 Å². The number of aliphatic imine (C=N–C) groups is 1. The predicted molar refractivity (Wildman–Crippen MR) is 176 cm³/mol. The number of sulfonamides is 1. The molecule has 2 aliphatic rings. The lowest BCUT2D eigenvalue weighted by molar-refractivity contribution is -0.185. The predicted octanol–water partition coefficient (Wildman–Crippen LogP) is 5.75. The fraction of sp³-hybridized carbons (Fsp3) is 0.500. The number of unbranched alkanes of at least 4 members (excludes halogenated alkanes) is 1. The van der Waals surface area contributed by atoms with Crippen molar-refractivity contribution in [3.05, 3.63) is 64.8 Å². The summed E-state index contributed by atoms with van der Waals surface area (Å²) in [6, 6.07) is 12.6. The van der Waals surface area contributed by atoms with E-state index < -0.39 is 22.0 Å². The number of aliphatic hydroxyl groups excluding tert-OH is 1. The van der Waals surface area contributed by atoms with Crippen LogP contribution in [0.15, 0.2) is 56.9 Å². The van der Waals surface area contributed by atoms with Crippen molar-refractivity contribution in [2.24, 2.45) is 4.99 Å². The lowest BCUT2D eigenvalue weighted by atomic mass is 9.96. The highest BCUT2D eigenvalue weighted by molar-refractivity contribution is 7.92. The van der Waals surface area contributed by atoms with Crippen molar-refractivity contribution in [3.63, 3.8) is 0 Å². The fourth-order valence-electron chi connectivity index (χ4n) is 6.25. The third kappa shape index (κ3) is 6.90. The molecule has 0 bridgehead atoms. The maximum absolute atomic E-state index is 13.8. The average molecular weight is 652 g/mol. The molecule has 1 amide bonds. The third-order valence-electron chi connectivity index (χ3n) is 8.96. The zero-order valence-electron chi connectivity index (χ0n) is 27.4. The molecule has 46 heavy (non-hydrogen) atoms. The Morgan fingerprint density at radius 3 is 2.54 bits per heavy atom. The first kappa shape index (κ1) is 33.8. The number of aryl methyl sites for hydroxylation is 1. The van der Waals surface area contributed by atoms with Gasteiger partial charge in [0.05, 0.1) is 17.1 Å². The number of hydrogen-bond acceptors (Lipinski definition) is 9. The molecule has 0 saturated heterocycles. The van der Waals surface area contributed by atoms with Gasteiger partial charge in [0.1, 0.15) is 11.4 Å². The maximum Gasteiger partial charge on any atom is 0.264 e. The molecule has 1 fully saturated rings. The first-order valence-electron chi connectivity index (χ1n) is 16.1. The molecular formula is C34H45N5O6S.